The number of para-hydroxylation sites is 1. The fourth-order valence-corrected chi connectivity index (χ4v) is 7.85. The average molecular weight is 506 g/mol. The molecule has 1 N–H and O–H groups in total. The molecule has 182 valence electrons. The molecule has 0 unspecified atom stereocenters. The van der Waals surface area contributed by atoms with E-state index in [-0.39, 0.29) is 40.5 Å². The second-order valence-corrected chi connectivity index (χ2v) is 13.2. The predicted octanol–water partition coefficient (Wildman–Crippen LogP) is 3.00. The molecule has 0 aromatic heterocycles. The number of nitrogens with one attached hydrogen (secondary N) is 1. The lowest BCUT2D eigenvalue weighted by molar-refractivity contribution is -0.125. The summed E-state index contributed by atoms with van der Waals surface area (Å²) in [5.74, 6) is 0.930. The number of rotatable bonds is 6. The number of methoxy groups -OCH3 is 1. The second-order valence-electron chi connectivity index (χ2n) is 9.26. The first-order valence-electron chi connectivity index (χ1n) is 11.4. The van der Waals surface area contributed by atoms with Crippen molar-refractivity contribution >= 4 is 31.3 Å². The lowest BCUT2D eigenvalue weighted by atomic mass is 9.64. The minimum Gasteiger partial charge on any atom is -0.495 e. The largest absolute Gasteiger partial charge is 0.495 e. The number of ether oxygens (including phenoxy) is 2. The van der Waals surface area contributed by atoms with Gasteiger partial charge in [0.05, 0.1) is 29.7 Å². The zero-order valence-corrected chi connectivity index (χ0v) is 20.5. The van der Waals surface area contributed by atoms with Crippen LogP contribution in [0.3, 0.4) is 0 Å². The average Bonchev–Trinajstić information content (AvgIpc) is 3.07. The van der Waals surface area contributed by atoms with Crippen molar-refractivity contribution in [3.63, 3.8) is 0 Å². The minimum atomic E-state index is -3.97. The smallest absolute Gasteiger partial charge is 0.265 e. The van der Waals surface area contributed by atoms with Gasteiger partial charge in [0.15, 0.2) is 9.84 Å². The van der Waals surface area contributed by atoms with Crippen LogP contribution >= 0.6 is 0 Å². The molecule has 2 aromatic rings. The molecule has 2 aromatic carbocycles. The highest BCUT2D eigenvalue weighted by molar-refractivity contribution is 7.92. The Hall–Kier alpha value is -2.59. The molecule has 2 aliphatic carbocycles. The molecule has 0 amide bonds. The van der Waals surface area contributed by atoms with Gasteiger partial charge in [0.1, 0.15) is 28.3 Å². The zero-order valence-electron chi connectivity index (χ0n) is 18.9. The van der Waals surface area contributed by atoms with Crippen LogP contribution < -0.4 is 14.2 Å². The van der Waals surface area contributed by atoms with Gasteiger partial charge in [-0.3, -0.25) is 9.52 Å². The Balaban J connectivity index is 1.52. The van der Waals surface area contributed by atoms with Gasteiger partial charge in [-0.25, -0.2) is 16.8 Å². The third-order valence-electron chi connectivity index (χ3n) is 7.21. The number of hydrogen-bond acceptors (Lipinski definition) is 7. The summed E-state index contributed by atoms with van der Waals surface area (Å²) in [5.41, 5.74) is 1.35. The zero-order chi connectivity index (χ0) is 24.1. The van der Waals surface area contributed by atoms with Crippen molar-refractivity contribution in [2.75, 3.05) is 23.3 Å². The van der Waals surface area contributed by atoms with E-state index < -0.39 is 25.3 Å². The number of hydrogen-bond donors (Lipinski definition) is 1. The number of carbonyl (C=O) groups excluding carboxylic acids is 1. The highest BCUT2D eigenvalue weighted by atomic mass is 32.2. The first-order chi connectivity index (χ1) is 16.1. The van der Waals surface area contributed by atoms with E-state index >= 15 is 0 Å². The van der Waals surface area contributed by atoms with Gasteiger partial charge < -0.3 is 9.47 Å². The van der Waals surface area contributed by atoms with Crippen molar-refractivity contribution in [1.29, 1.82) is 0 Å². The molecule has 5 rings (SSSR count). The molecule has 3 aliphatic rings. The van der Waals surface area contributed by atoms with E-state index in [1.165, 1.54) is 13.2 Å². The summed E-state index contributed by atoms with van der Waals surface area (Å²) < 4.78 is 64.1. The molecule has 0 atom stereocenters. The van der Waals surface area contributed by atoms with Crippen molar-refractivity contribution in [2.24, 2.45) is 0 Å². The topological polar surface area (TPSA) is 116 Å². The monoisotopic (exact) mass is 505 g/mol. The molecule has 8 nitrogen and oxygen atoms in total. The van der Waals surface area contributed by atoms with Crippen molar-refractivity contribution in [3.8, 4) is 11.5 Å². The Morgan fingerprint density at radius 1 is 1.06 bits per heavy atom. The minimum absolute atomic E-state index is 0.00684. The van der Waals surface area contributed by atoms with Gasteiger partial charge in [-0.1, -0.05) is 18.6 Å². The molecule has 1 heterocycles. The molecule has 1 saturated carbocycles. The maximum atomic E-state index is 13.2. The molecule has 1 aliphatic heterocycles. The summed E-state index contributed by atoms with van der Waals surface area (Å²) in [6, 6.07) is 9.71. The van der Waals surface area contributed by atoms with Gasteiger partial charge in [-0.15, -0.1) is 0 Å². The van der Waals surface area contributed by atoms with Crippen LogP contribution in [0, 0.1) is 0 Å². The summed E-state index contributed by atoms with van der Waals surface area (Å²) >= 11 is 0. The van der Waals surface area contributed by atoms with Gasteiger partial charge >= 0.3 is 0 Å². The number of sulfonamides is 1. The van der Waals surface area contributed by atoms with Gasteiger partial charge in [0.25, 0.3) is 10.0 Å². The lowest BCUT2D eigenvalue weighted by Crippen LogP contribution is -2.39. The fraction of sp³-hybridized carbons (Fsp3) is 0.458. The number of Topliss-reactive ketones (excluding diaryl/α,β-unsaturated/α-hetero) is 1. The highest BCUT2D eigenvalue weighted by Crippen LogP contribution is 2.53. The van der Waals surface area contributed by atoms with Crippen molar-refractivity contribution < 1.29 is 31.1 Å². The maximum Gasteiger partial charge on any atom is 0.265 e. The summed E-state index contributed by atoms with van der Waals surface area (Å²) in [6.07, 6.45) is 3.10. The quantitative estimate of drug-likeness (QED) is 0.642. The number of anilines is 1. The van der Waals surface area contributed by atoms with Crippen molar-refractivity contribution in [3.05, 3.63) is 47.5 Å². The summed E-state index contributed by atoms with van der Waals surface area (Å²) in [6.45, 7) is 0. The molecule has 34 heavy (non-hydrogen) atoms. The van der Waals surface area contributed by atoms with E-state index in [1.54, 1.807) is 30.3 Å². The van der Waals surface area contributed by atoms with Crippen LogP contribution in [0.4, 0.5) is 5.69 Å². The molecular weight excluding hydrogens is 478 g/mol. The molecule has 1 saturated heterocycles. The third kappa shape index (κ3) is 3.96. The number of ketones is 1. The third-order valence-corrected chi connectivity index (χ3v) is 10.3. The first kappa shape index (κ1) is 23.2. The Kier molecular flexibility index (Phi) is 5.63. The van der Waals surface area contributed by atoms with Crippen molar-refractivity contribution in [1.82, 2.24) is 0 Å². The predicted molar refractivity (Wildman–Crippen MR) is 127 cm³/mol. The highest BCUT2D eigenvalue weighted by Gasteiger charge is 2.51. The van der Waals surface area contributed by atoms with E-state index in [4.69, 9.17) is 9.47 Å². The number of sulfone groups is 1. The Morgan fingerprint density at radius 3 is 2.41 bits per heavy atom. The summed E-state index contributed by atoms with van der Waals surface area (Å²) in [5, 5.41) is 0. The van der Waals surface area contributed by atoms with E-state index in [2.05, 4.69) is 4.72 Å². The summed E-state index contributed by atoms with van der Waals surface area (Å²) in [7, 11) is -5.61. The van der Waals surface area contributed by atoms with Crippen LogP contribution in [0.25, 0.3) is 0 Å². The van der Waals surface area contributed by atoms with Gasteiger partial charge in [0.2, 0.25) is 0 Å². The van der Waals surface area contributed by atoms with Gasteiger partial charge in [-0.05, 0) is 49.4 Å². The van der Waals surface area contributed by atoms with Gasteiger partial charge in [-0.2, -0.15) is 0 Å². The van der Waals surface area contributed by atoms with Crippen LogP contribution in [0.1, 0.15) is 43.2 Å². The first-order valence-corrected chi connectivity index (χ1v) is 14.7. The number of carbonyl (C=O) groups is 1. The molecule has 0 radical (unpaired) electrons. The van der Waals surface area contributed by atoms with Crippen LogP contribution in [0.15, 0.2) is 41.3 Å². The van der Waals surface area contributed by atoms with Crippen LogP contribution in [0.5, 0.6) is 11.5 Å². The molecular formula is C24H27NO7S2. The normalized spacial score (nSPS) is 21.0. The fourth-order valence-electron chi connectivity index (χ4n) is 5.19. The lowest BCUT2D eigenvalue weighted by Gasteiger charge is -2.38. The number of benzene rings is 2. The van der Waals surface area contributed by atoms with E-state index in [9.17, 15) is 21.6 Å². The summed E-state index contributed by atoms with van der Waals surface area (Å²) in [4.78, 5) is 13.0. The van der Waals surface area contributed by atoms with Crippen LogP contribution in [-0.2, 0) is 36.5 Å². The Morgan fingerprint density at radius 2 is 1.76 bits per heavy atom. The van der Waals surface area contributed by atoms with Crippen LogP contribution in [-0.4, -0.2) is 47.3 Å². The Labute approximate surface area is 199 Å². The standard InChI is InChI=1S/C24H27NO7S2/c1-31-20-5-2-3-6-22(20)34(29,30)25-16-13-19-18(15-23(26)24(19)9-4-10-24)21(14-16)32-17-7-11-33(27,28)12-8-17/h2-3,5-6,13-14,17,25H,4,7-12,15H2,1H3. The van der Waals surface area contributed by atoms with Crippen molar-refractivity contribution in [2.45, 2.75) is 54.9 Å². The van der Waals surface area contributed by atoms with E-state index in [0.29, 0.717) is 24.3 Å². The SMILES string of the molecule is COc1ccccc1S(=O)(=O)Nc1cc(OC2CCS(=O)(=O)CC2)c2c(c1)C1(CCC1)C(=O)C2. The number of fused-ring (bicyclic) bond motifs is 2. The molecule has 1 spiro atoms. The second kappa shape index (κ2) is 8.27. The van der Waals surface area contributed by atoms with Gasteiger partial charge in [0, 0.05) is 18.1 Å². The Bertz CT molecular complexity index is 1350. The molecule has 2 fully saturated rings. The maximum absolute atomic E-state index is 13.2. The van der Waals surface area contributed by atoms with Crippen LogP contribution in [0.2, 0.25) is 0 Å². The van der Waals surface area contributed by atoms with E-state index in [1.807, 2.05) is 0 Å². The molecule has 10 heteroatoms. The van der Waals surface area contributed by atoms with E-state index in [0.717, 1.165) is 30.4 Å². The molecule has 0 bridgehead atoms.